The van der Waals surface area contributed by atoms with Crippen molar-refractivity contribution < 1.29 is 14.3 Å². The van der Waals surface area contributed by atoms with Gasteiger partial charge in [0.05, 0.1) is 12.1 Å². The second-order valence-corrected chi connectivity index (χ2v) is 16.2. The summed E-state index contributed by atoms with van der Waals surface area (Å²) in [6, 6.07) is 5.81. The van der Waals surface area contributed by atoms with Crippen LogP contribution in [0.4, 0.5) is 0 Å². The summed E-state index contributed by atoms with van der Waals surface area (Å²) in [5.41, 5.74) is 0.465. The van der Waals surface area contributed by atoms with Gasteiger partial charge in [-0.15, -0.1) is 0 Å². The number of rotatable bonds is 7. The number of benzene rings is 1. The zero-order valence-electron chi connectivity index (χ0n) is 20.0. The zero-order valence-corrected chi connectivity index (χ0v) is 23.2. The first-order valence-electron chi connectivity index (χ1n) is 10.8. The lowest BCUT2D eigenvalue weighted by Gasteiger charge is -2.40. The Morgan fingerprint density at radius 1 is 1.23 bits per heavy atom. The lowest BCUT2D eigenvalue weighted by atomic mass is 9.82. The molecule has 2 rings (SSSR count). The van der Waals surface area contributed by atoms with Crippen molar-refractivity contribution in [3.8, 4) is 0 Å². The molecular weight excluding hydrogens is 521 g/mol. The Kier molecular flexibility index (Phi) is 7.86. The van der Waals surface area contributed by atoms with E-state index in [0.717, 1.165) is 21.9 Å². The van der Waals surface area contributed by atoms with Crippen molar-refractivity contribution >= 4 is 47.8 Å². The van der Waals surface area contributed by atoms with Crippen molar-refractivity contribution in [2.24, 2.45) is 5.41 Å². The van der Waals surface area contributed by atoms with Gasteiger partial charge in [0.15, 0.2) is 8.32 Å². The average Bonchev–Trinajstić information content (AvgIpc) is 2.61. The molecule has 0 bridgehead atoms. The van der Waals surface area contributed by atoms with E-state index in [2.05, 4.69) is 61.8 Å². The molecule has 1 N–H and O–H groups in total. The molecule has 0 fully saturated rings. The molecule has 0 radical (unpaired) electrons. The van der Waals surface area contributed by atoms with Crippen molar-refractivity contribution in [3.63, 3.8) is 0 Å². The van der Waals surface area contributed by atoms with Crippen LogP contribution in [0.25, 0.3) is 10.9 Å². The number of aromatic nitrogens is 1. The highest BCUT2D eigenvalue weighted by Gasteiger charge is 2.39. The molecule has 0 aliphatic rings. The Labute approximate surface area is 200 Å². The maximum atomic E-state index is 13.1. The molecule has 0 amide bonds. The van der Waals surface area contributed by atoms with Crippen molar-refractivity contribution in [1.82, 2.24) is 4.57 Å². The highest BCUT2D eigenvalue weighted by atomic mass is 127. The van der Waals surface area contributed by atoms with Crippen molar-refractivity contribution in [1.29, 1.82) is 0 Å². The molecule has 0 aliphatic heterocycles. The summed E-state index contributed by atoms with van der Waals surface area (Å²) in [6.07, 6.45) is 3.34. The van der Waals surface area contributed by atoms with E-state index in [0.29, 0.717) is 5.39 Å². The molecule has 1 aromatic carbocycles. The molecule has 2 aromatic rings. The van der Waals surface area contributed by atoms with Gasteiger partial charge in [0, 0.05) is 21.2 Å². The number of fused-ring (bicyclic) bond motifs is 1. The highest BCUT2D eigenvalue weighted by Crippen LogP contribution is 2.45. The fraction of sp³-hybridized carbons (Fsp3) is 0.583. The maximum Gasteiger partial charge on any atom is 0.343 e. The van der Waals surface area contributed by atoms with E-state index in [-0.39, 0.29) is 34.1 Å². The number of hydrogen-bond acceptors (Lipinski definition) is 4. The van der Waals surface area contributed by atoms with Gasteiger partial charge in [0.1, 0.15) is 5.56 Å². The van der Waals surface area contributed by atoms with E-state index in [1.807, 2.05) is 31.3 Å². The van der Waals surface area contributed by atoms with Gasteiger partial charge in [-0.3, -0.25) is 4.79 Å². The monoisotopic (exact) mass is 557 g/mol. The molecule has 0 saturated heterocycles. The molecular formula is C24H36INO4Si. The Balaban J connectivity index is 2.72. The highest BCUT2D eigenvalue weighted by molar-refractivity contribution is 14.1. The van der Waals surface area contributed by atoms with E-state index in [4.69, 9.17) is 4.74 Å². The molecule has 0 spiro atoms. The third kappa shape index (κ3) is 5.79. The van der Waals surface area contributed by atoms with Crippen molar-refractivity contribution in [2.75, 3.05) is 6.61 Å². The summed E-state index contributed by atoms with van der Waals surface area (Å²) in [7, 11) is -2.36. The minimum atomic E-state index is -2.36. The Morgan fingerprint density at radius 2 is 1.84 bits per heavy atom. The van der Waals surface area contributed by atoms with Gasteiger partial charge < -0.3 is 14.1 Å². The van der Waals surface area contributed by atoms with Crippen LogP contribution in [0.3, 0.4) is 0 Å². The van der Waals surface area contributed by atoms with Crippen LogP contribution >= 0.6 is 22.6 Å². The van der Waals surface area contributed by atoms with Gasteiger partial charge in [0.2, 0.25) is 5.43 Å². The smallest absolute Gasteiger partial charge is 0.343 e. The van der Waals surface area contributed by atoms with Gasteiger partial charge in [-0.05, 0) is 84.1 Å². The third-order valence-electron chi connectivity index (χ3n) is 6.52. The second-order valence-electron chi connectivity index (χ2n) is 10.5. The summed E-state index contributed by atoms with van der Waals surface area (Å²) in [5.74, 6) is -0.584. The number of esters is 1. The third-order valence-corrected chi connectivity index (χ3v) is 10.8. The van der Waals surface area contributed by atoms with Gasteiger partial charge in [0.25, 0.3) is 0 Å². The number of hydrogen-bond donors (Lipinski definition) is 1. The van der Waals surface area contributed by atoms with E-state index in [1.165, 1.54) is 0 Å². The second kappa shape index (κ2) is 9.35. The molecule has 172 valence electrons. The van der Waals surface area contributed by atoms with Crippen molar-refractivity contribution in [2.45, 2.75) is 78.6 Å². The first kappa shape index (κ1) is 26.1. The summed E-state index contributed by atoms with van der Waals surface area (Å²) in [5, 5.41) is 0.368. The Hall–Kier alpha value is -1.19. The topological polar surface area (TPSA) is 68.5 Å². The van der Waals surface area contributed by atoms with Crippen LogP contribution in [0, 0.1) is 8.99 Å². The normalized spacial score (nSPS) is 14.0. The Morgan fingerprint density at radius 3 is 2.35 bits per heavy atom. The SMILES string of the molecule is CCOC(=O)c1cn([C@H](CCC(C)(C)[Si](C)(C)O)C(C)(C)C)c2ccc(I)cc2c1=O. The van der Waals surface area contributed by atoms with Crippen LogP contribution in [0.5, 0.6) is 0 Å². The first-order chi connectivity index (χ1) is 14.1. The predicted molar refractivity (Wildman–Crippen MR) is 138 cm³/mol. The summed E-state index contributed by atoms with van der Waals surface area (Å²) in [4.78, 5) is 36.5. The summed E-state index contributed by atoms with van der Waals surface area (Å²) in [6.45, 7) is 16.7. The number of carbonyl (C=O) groups excluding carboxylic acids is 1. The van der Waals surface area contributed by atoms with Crippen LogP contribution < -0.4 is 5.43 Å². The Bertz CT molecular complexity index is 1020. The average molecular weight is 558 g/mol. The molecule has 1 atom stereocenters. The standard InChI is InChI=1S/C24H36INO4Si/c1-9-30-22(28)18-15-26(19-11-10-16(25)14-17(19)21(18)27)20(23(2,3)4)12-13-24(5,6)31(7,8)29/h10-11,14-15,20,29H,9,12-13H2,1-8H3/t20-/m1/s1. The number of pyridine rings is 1. The molecule has 31 heavy (non-hydrogen) atoms. The minimum absolute atomic E-state index is 0.0273. The van der Waals surface area contributed by atoms with E-state index < -0.39 is 14.3 Å². The lowest BCUT2D eigenvalue weighted by molar-refractivity contribution is 0.0523. The summed E-state index contributed by atoms with van der Waals surface area (Å²) < 4.78 is 8.21. The number of ether oxygens (including phenoxy) is 1. The van der Waals surface area contributed by atoms with Gasteiger partial charge in [-0.2, -0.15) is 0 Å². The lowest BCUT2D eigenvalue weighted by Crippen LogP contribution is -2.40. The molecule has 0 saturated carbocycles. The van der Waals surface area contributed by atoms with Crippen LogP contribution in [0.15, 0.2) is 29.2 Å². The largest absolute Gasteiger partial charge is 0.462 e. The molecule has 1 aromatic heterocycles. The van der Waals surface area contributed by atoms with Gasteiger partial charge in [-0.25, -0.2) is 4.79 Å². The molecule has 7 heteroatoms. The van der Waals surface area contributed by atoms with Gasteiger partial charge >= 0.3 is 5.97 Å². The quantitative estimate of drug-likeness (QED) is 0.253. The number of nitrogens with zero attached hydrogens (tertiary/aromatic N) is 1. The van der Waals surface area contributed by atoms with Crippen LogP contribution in [0.1, 0.15) is 70.8 Å². The molecule has 0 aliphatic carbocycles. The van der Waals surface area contributed by atoms with Crippen molar-refractivity contribution in [3.05, 3.63) is 43.8 Å². The van der Waals surface area contributed by atoms with E-state index in [1.54, 1.807) is 13.1 Å². The summed E-state index contributed by atoms with van der Waals surface area (Å²) >= 11 is 2.18. The number of halogens is 1. The molecule has 5 nitrogen and oxygen atoms in total. The predicted octanol–water partition coefficient (Wildman–Crippen LogP) is 6.13. The zero-order chi connectivity index (χ0) is 23.8. The fourth-order valence-corrected chi connectivity index (χ4v) is 4.98. The van der Waals surface area contributed by atoms with E-state index in [9.17, 15) is 14.4 Å². The van der Waals surface area contributed by atoms with Crippen LogP contribution in [-0.2, 0) is 4.74 Å². The van der Waals surface area contributed by atoms with Crippen LogP contribution in [0.2, 0.25) is 18.1 Å². The first-order valence-corrected chi connectivity index (χ1v) is 14.9. The molecule has 1 heterocycles. The van der Waals surface area contributed by atoms with Crippen LogP contribution in [-0.4, -0.2) is 30.3 Å². The molecule has 0 unspecified atom stereocenters. The van der Waals surface area contributed by atoms with E-state index >= 15 is 0 Å². The fourth-order valence-electron chi connectivity index (χ4n) is 3.73. The van der Waals surface area contributed by atoms with Gasteiger partial charge in [-0.1, -0.05) is 34.6 Å². The number of carbonyl (C=O) groups is 1. The minimum Gasteiger partial charge on any atom is -0.462 e. The maximum absolute atomic E-state index is 13.1.